The van der Waals surface area contributed by atoms with Crippen molar-refractivity contribution in [2.24, 2.45) is 4.99 Å². The molecule has 4 aromatic carbocycles. The summed E-state index contributed by atoms with van der Waals surface area (Å²) >= 11 is 0. The summed E-state index contributed by atoms with van der Waals surface area (Å²) in [6.07, 6.45) is 1.83. The van der Waals surface area contributed by atoms with Crippen LogP contribution in [-0.4, -0.2) is 32.7 Å². The molecule has 0 bridgehead atoms. The summed E-state index contributed by atoms with van der Waals surface area (Å²) in [5.41, 5.74) is 9.55. The molecular weight excluding hydrogens is 700 g/mol. The van der Waals surface area contributed by atoms with E-state index in [1.54, 1.807) is 0 Å². The molecule has 1 aliphatic heterocycles. The minimum absolute atomic E-state index is 0. The molecule has 42 heavy (non-hydrogen) atoms. The second kappa shape index (κ2) is 9.96. The third-order valence-electron chi connectivity index (χ3n) is 7.86. The van der Waals surface area contributed by atoms with Crippen molar-refractivity contribution < 1.29 is 29.9 Å². The molecule has 1 aliphatic rings. The molecule has 0 N–H and O–H groups in total. The topological polar surface area (TPSA) is 44.3 Å². The molecular formula is C36H28N4OPt. The quantitative estimate of drug-likeness (QED) is 0.173. The fourth-order valence-electron chi connectivity index (χ4n) is 6.08. The molecule has 0 radical (unpaired) electrons. The third-order valence-corrected chi connectivity index (χ3v) is 7.86. The summed E-state index contributed by atoms with van der Waals surface area (Å²) < 4.78 is 33.5. The SMILES string of the molecule is [2H]C([2H])([2H])[C@@H]1COC(c2[c-]c(-n3c4[c-]c(-n5c6ccc(C)cc6c6cccnc65)ccc4c4cc(C)ccc43)cc(C)c2)=N1.[Pt+2]. The van der Waals surface area contributed by atoms with Gasteiger partial charge in [0.15, 0.2) is 0 Å². The molecule has 0 unspecified atom stereocenters. The zero-order valence-electron chi connectivity index (χ0n) is 26.3. The van der Waals surface area contributed by atoms with Crippen molar-refractivity contribution >= 4 is 49.6 Å². The Balaban J connectivity index is 0.00000325. The number of aryl methyl sites for hydroxylation is 3. The minimum Gasteiger partial charge on any atom is -0.518 e. The molecule has 0 fully saturated rings. The molecule has 0 saturated carbocycles. The van der Waals surface area contributed by atoms with Crippen molar-refractivity contribution in [3.63, 3.8) is 0 Å². The van der Waals surface area contributed by atoms with Gasteiger partial charge in [0.2, 0.25) is 0 Å². The van der Waals surface area contributed by atoms with Crippen molar-refractivity contribution in [2.45, 2.75) is 33.7 Å². The molecule has 4 heterocycles. The Bertz CT molecular complexity index is 2330. The summed E-state index contributed by atoms with van der Waals surface area (Å²) in [7, 11) is 0. The summed E-state index contributed by atoms with van der Waals surface area (Å²) in [5.74, 6) is 0.309. The van der Waals surface area contributed by atoms with Crippen LogP contribution in [0.25, 0.3) is 55.1 Å². The third kappa shape index (κ3) is 4.10. The van der Waals surface area contributed by atoms with E-state index >= 15 is 0 Å². The minimum atomic E-state index is -2.22. The number of aromatic nitrogens is 3. The van der Waals surface area contributed by atoms with Gasteiger partial charge in [-0.15, -0.1) is 41.3 Å². The molecule has 208 valence electrons. The van der Waals surface area contributed by atoms with E-state index in [2.05, 4.69) is 101 Å². The molecule has 3 aromatic heterocycles. The Morgan fingerprint density at radius 1 is 0.786 bits per heavy atom. The van der Waals surface area contributed by atoms with Crippen LogP contribution in [-0.2, 0) is 25.8 Å². The first-order valence-electron chi connectivity index (χ1n) is 15.2. The number of fused-ring (bicyclic) bond motifs is 6. The van der Waals surface area contributed by atoms with Crippen LogP contribution in [0.15, 0.2) is 84.0 Å². The summed E-state index contributed by atoms with van der Waals surface area (Å²) in [6.45, 7) is 4.03. The van der Waals surface area contributed by atoms with Crippen LogP contribution in [0, 0.1) is 32.9 Å². The average molecular weight is 731 g/mol. The Kier molecular flexibility index (Phi) is 5.54. The van der Waals surface area contributed by atoms with Crippen molar-refractivity contribution in [3.05, 3.63) is 113 Å². The van der Waals surface area contributed by atoms with E-state index in [4.69, 9.17) is 13.8 Å². The van der Waals surface area contributed by atoms with Gasteiger partial charge in [0.25, 0.3) is 0 Å². The fourth-order valence-corrected chi connectivity index (χ4v) is 6.08. The van der Waals surface area contributed by atoms with Crippen LogP contribution in [0.3, 0.4) is 0 Å². The zero-order valence-corrected chi connectivity index (χ0v) is 25.6. The maximum absolute atomic E-state index is 7.79. The molecule has 8 rings (SSSR count). The summed E-state index contributed by atoms with van der Waals surface area (Å²) in [5, 5.41) is 4.44. The number of benzene rings is 4. The van der Waals surface area contributed by atoms with Crippen molar-refractivity contribution in [1.29, 1.82) is 0 Å². The number of ether oxygens (including phenoxy) is 1. The Morgan fingerprint density at radius 2 is 1.55 bits per heavy atom. The fraction of sp³-hybridized carbons (Fsp3) is 0.167. The summed E-state index contributed by atoms with van der Waals surface area (Å²) in [6, 6.07) is 31.7. The average Bonchev–Trinajstić information content (AvgIpc) is 3.70. The molecule has 0 amide bonds. The van der Waals surface area contributed by atoms with Gasteiger partial charge in [0, 0.05) is 26.6 Å². The van der Waals surface area contributed by atoms with Crippen molar-refractivity contribution in [3.8, 4) is 11.4 Å². The zero-order chi connectivity index (χ0) is 30.3. The van der Waals surface area contributed by atoms with Gasteiger partial charge in [0.05, 0.1) is 18.2 Å². The maximum Gasteiger partial charge on any atom is 2.00 e. The van der Waals surface area contributed by atoms with E-state index in [1.807, 2.05) is 25.3 Å². The van der Waals surface area contributed by atoms with Gasteiger partial charge < -0.3 is 13.9 Å². The van der Waals surface area contributed by atoms with Crippen LogP contribution >= 0.6 is 0 Å². The van der Waals surface area contributed by atoms with E-state index in [-0.39, 0.29) is 27.7 Å². The number of aliphatic imine (C=N–C) groups is 1. The van der Waals surface area contributed by atoms with Gasteiger partial charge in [-0.3, -0.25) is 4.99 Å². The van der Waals surface area contributed by atoms with Gasteiger partial charge in [-0.25, -0.2) is 4.98 Å². The number of pyridine rings is 1. The molecule has 0 aliphatic carbocycles. The molecule has 6 heteroatoms. The Hall–Kier alpha value is -4.21. The van der Waals surface area contributed by atoms with Gasteiger partial charge in [-0.2, -0.15) is 6.07 Å². The standard InChI is InChI=1S/C36H28N4O.Pt/c1-21-7-11-32-30(16-21)28-10-9-26(40-33-12-8-22(2)17-31(33)29-6-5-13-37-35(29)40)19-34(28)39(32)27-15-23(3)14-25(18-27)36-38-24(4)20-41-36;/h5-17,24H,20H2,1-4H3;/q-2;+2/t24-;/m1./s1/i4D3;. The Labute approximate surface area is 262 Å². The first kappa shape index (κ1) is 23.4. The van der Waals surface area contributed by atoms with Crippen LogP contribution in [0.4, 0.5) is 0 Å². The predicted octanol–water partition coefficient (Wildman–Crippen LogP) is 7.96. The maximum atomic E-state index is 7.79. The normalized spacial score (nSPS) is 16.3. The largest absolute Gasteiger partial charge is 2.00 e. The number of hydrogen-bond donors (Lipinski definition) is 0. The first-order chi connectivity index (χ1) is 21.2. The van der Waals surface area contributed by atoms with Crippen LogP contribution in [0.1, 0.15) is 33.2 Å². The smallest absolute Gasteiger partial charge is 0.518 e. The summed E-state index contributed by atoms with van der Waals surface area (Å²) in [4.78, 5) is 9.21. The van der Waals surface area contributed by atoms with Crippen LogP contribution in [0.5, 0.6) is 0 Å². The second-order valence-electron chi connectivity index (χ2n) is 10.9. The van der Waals surface area contributed by atoms with E-state index in [0.717, 1.165) is 60.7 Å². The van der Waals surface area contributed by atoms with E-state index < -0.39 is 12.9 Å². The number of nitrogens with zero attached hydrogens (tertiary/aromatic N) is 4. The molecule has 0 saturated heterocycles. The van der Waals surface area contributed by atoms with E-state index in [9.17, 15) is 0 Å². The van der Waals surface area contributed by atoms with Gasteiger partial charge in [0.1, 0.15) is 11.5 Å². The van der Waals surface area contributed by atoms with Gasteiger partial charge in [-0.05, 0) is 62.1 Å². The van der Waals surface area contributed by atoms with E-state index in [1.165, 1.54) is 11.1 Å². The number of hydrogen-bond acceptors (Lipinski definition) is 3. The first-order valence-corrected chi connectivity index (χ1v) is 13.7. The monoisotopic (exact) mass is 730 g/mol. The molecule has 5 nitrogen and oxygen atoms in total. The van der Waals surface area contributed by atoms with E-state index in [0.29, 0.717) is 11.5 Å². The number of rotatable bonds is 3. The predicted molar refractivity (Wildman–Crippen MR) is 167 cm³/mol. The van der Waals surface area contributed by atoms with Gasteiger partial charge in [-0.1, -0.05) is 53.0 Å². The second-order valence-corrected chi connectivity index (χ2v) is 10.9. The molecule has 7 aromatic rings. The van der Waals surface area contributed by atoms with Crippen LogP contribution < -0.4 is 0 Å². The molecule has 1 atom stereocenters. The molecule has 0 spiro atoms. The Morgan fingerprint density at radius 3 is 2.31 bits per heavy atom. The van der Waals surface area contributed by atoms with Crippen molar-refractivity contribution in [2.75, 3.05) is 6.61 Å². The van der Waals surface area contributed by atoms with Crippen LogP contribution in [0.2, 0.25) is 0 Å². The van der Waals surface area contributed by atoms with Crippen molar-refractivity contribution in [1.82, 2.24) is 14.1 Å². The van der Waals surface area contributed by atoms with Gasteiger partial charge >= 0.3 is 21.1 Å².